The number of ketones is 2. The van der Waals surface area contributed by atoms with Crippen LogP contribution in [0.5, 0.6) is 0 Å². The summed E-state index contributed by atoms with van der Waals surface area (Å²) in [5, 5.41) is 0. The maximum absolute atomic E-state index is 13.0. The summed E-state index contributed by atoms with van der Waals surface area (Å²) >= 11 is 0. The topological polar surface area (TPSA) is 57.7 Å². The van der Waals surface area contributed by atoms with Crippen LogP contribution in [0, 0.1) is 0 Å². The van der Waals surface area contributed by atoms with Gasteiger partial charge in [0.15, 0.2) is 5.78 Å². The minimum absolute atomic E-state index is 0.0479. The summed E-state index contributed by atoms with van der Waals surface area (Å²) in [5.74, 6) is 0.404. The van der Waals surface area contributed by atoms with Gasteiger partial charge in [-0.1, -0.05) is 12.1 Å². The quantitative estimate of drug-likeness (QED) is 0.786. The number of nitrogens with zero attached hydrogens (tertiary/aromatic N) is 2. The van der Waals surface area contributed by atoms with Crippen LogP contribution < -0.4 is 0 Å². The van der Waals surface area contributed by atoms with Crippen LogP contribution in [0.15, 0.2) is 18.2 Å². The lowest BCUT2D eigenvalue weighted by Gasteiger charge is -2.30. The molecule has 0 saturated carbocycles. The van der Waals surface area contributed by atoms with Crippen molar-refractivity contribution in [1.82, 2.24) is 9.80 Å². The van der Waals surface area contributed by atoms with Crippen molar-refractivity contribution < 1.29 is 14.4 Å². The van der Waals surface area contributed by atoms with E-state index in [9.17, 15) is 14.4 Å². The minimum atomic E-state index is -0.510. The summed E-state index contributed by atoms with van der Waals surface area (Å²) in [7, 11) is 2.14. The van der Waals surface area contributed by atoms with Gasteiger partial charge < -0.3 is 14.6 Å². The first-order valence-corrected chi connectivity index (χ1v) is 9.49. The fourth-order valence-corrected chi connectivity index (χ4v) is 4.25. The Morgan fingerprint density at radius 3 is 2.50 bits per heavy atom. The zero-order valence-corrected chi connectivity index (χ0v) is 16.0. The molecule has 140 valence electrons. The first-order chi connectivity index (χ1) is 12.4. The van der Waals surface area contributed by atoms with Crippen molar-refractivity contribution in [2.45, 2.75) is 58.0 Å². The van der Waals surface area contributed by atoms with Gasteiger partial charge in [0.2, 0.25) is 0 Å². The molecule has 2 heterocycles. The highest BCUT2D eigenvalue weighted by molar-refractivity contribution is 6.01. The van der Waals surface area contributed by atoms with E-state index in [2.05, 4.69) is 18.0 Å². The van der Waals surface area contributed by atoms with Gasteiger partial charge in [0.25, 0.3) is 5.91 Å². The van der Waals surface area contributed by atoms with E-state index in [1.54, 1.807) is 4.90 Å². The van der Waals surface area contributed by atoms with Gasteiger partial charge in [-0.3, -0.25) is 9.59 Å². The van der Waals surface area contributed by atoms with Crippen LogP contribution in [0.1, 0.15) is 66.9 Å². The number of benzene rings is 1. The molecule has 2 aliphatic rings. The molecule has 1 unspecified atom stereocenters. The smallest absolute Gasteiger partial charge is 0.255 e. The van der Waals surface area contributed by atoms with Gasteiger partial charge >= 0.3 is 0 Å². The van der Waals surface area contributed by atoms with E-state index in [1.807, 2.05) is 12.1 Å². The molecule has 0 aromatic heterocycles. The first-order valence-electron chi connectivity index (χ1n) is 9.49. The van der Waals surface area contributed by atoms with Crippen LogP contribution in [0.25, 0.3) is 0 Å². The molecule has 0 N–H and O–H groups in total. The standard InChI is InChI=1S/C21H28N2O3/c1-14(24)7-8-20(15(2)25)23-13-19-17(5-4-6-18(19)21(23)26)16-9-11-22(3)12-10-16/h4-6,16,20H,7-13H2,1-3H3. The molecule has 1 atom stereocenters. The van der Waals surface area contributed by atoms with Crippen LogP contribution in [-0.4, -0.2) is 53.5 Å². The fourth-order valence-electron chi connectivity index (χ4n) is 4.25. The van der Waals surface area contributed by atoms with E-state index in [0.29, 0.717) is 25.3 Å². The number of likely N-dealkylation sites (tertiary alicyclic amines) is 1. The molecule has 26 heavy (non-hydrogen) atoms. The highest BCUT2D eigenvalue weighted by atomic mass is 16.2. The largest absolute Gasteiger partial charge is 0.324 e. The lowest BCUT2D eigenvalue weighted by Crippen LogP contribution is -2.40. The van der Waals surface area contributed by atoms with Crippen molar-refractivity contribution in [1.29, 1.82) is 0 Å². The van der Waals surface area contributed by atoms with E-state index < -0.39 is 6.04 Å². The number of carbonyl (C=O) groups is 3. The normalized spacial score (nSPS) is 19.5. The van der Waals surface area contributed by atoms with Crippen molar-refractivity contribution in [3.63, 3.8) is 0 Å². The van der Waals surface area contributed by atoms with Crippen LogP contribution in [-0.2, 0) is 16.1 Å². The Labute approximate surface area is 155 Å². The molecule has 1 saturated heterocycles. The van der Waals surface area contributed by atoms with E-state index in [4.69, 9.17) is 0 Å². The minimum Gasteiger partial charge on any atom is -0.324 e. The van der Waals surface area contributed by atoms with Crippen molar-refractivity contribution in [3.8, 4) is 0 Å². The highest BCUT2D eigenvalue weighted by Crippen LogP contribution is 2.36. The Bertz CT molecular complexity index is 720. The van der Waals surface area contributed by atoms with Gasteiger partial charge in [-0.2, -0.15) is 0 Å². The molecule has 5 nitrogen and oxygen atoms in total. The summed E-state index contributed by atoms with van der Waals surface area (Å²) in [6.45, 7) is 5.66. The number of Topliss-reactive ketones (excluding diaryl/α,β-unsaturated/α-hetero) is 2. The average Bonchev–Trinajstić information content (AvgIpc) is 2.92. The number of carbonyl (C=O) groups excluding carboxylic acids is 3. The van der Waals surface area contributed by atoms with E-state index in [0.717, 1.165) is 37.1 Å². The van der Waals surface area contributed by atoms with Crippen LogP contribution in [0.3, 0.4) is 0 Å². The third-order valence-electron chi connectivity index (χ3n) is 5.81. The van der Waals surface area contributed by atoms with Gasteiger partial charge in [0, 0.05) is 18.5 Å². The Morgan fingerprint density at radius 1 is 1.19 bits per heavy atom. The van der Waals surface area contributed by atoms with Gasteiger partial charge in [-0.15, -0.1) is 0 Å². The van der Waals surface area contributed by atoms with Crippen molar-refractivity contribution in [2.24, 2.45) is 0 Å². The third-order valence-corrected chi connectivity index (χ3v) is 5.81. The summed E-state index contributed by atoms with van der Waals surface area (Å²) in [5.41, 5.74) is 3.08. The maximum Gasteiger partial charge on any atom is 0.255 e. The summed E-state index contributed by atoms with van der Waals surface area (Å²) < 4.78 is 0. The molecule has 1 aromatic rings. The zero-order chi connectivity index (χ0) is 18.8. The predicted octanol–water partition coefficient (Wildman–Crippen LogP) is 2.78. The Morgan fingerprint density at radius 2 is 1.88 bits per heavy atom. The Balaban J connectivity index is 1.85. The Kier molecular flexibility index (Phi) is 5.56. The molecule has 3 rings (SSSR count). The molecular weight excluding hydrogens is 328 g/mol. The van der Waals surface area contributed by atoms with Gasteiger partial charge in [-0.05, 0) is 76.4 Å². The van der Waals surface area contributed by atoms with E-state index >= 15 is 0 Å². The summed E-state index contributed by atoms with van der Waals surface area (Å²) in [6.07, 6.45) is 2.93. The number of piperidine rings is 1. The summed E-state index contributed by atoms with van der Waals surface area (Å²) in [6, 6.07) is 5.47. The second kappa shape index (κ2) is 7.70. The lowest BCUT2D eigenvalue weighted by molar-refractivity contribution is -0.122. The molecule has 1 fully saturated rings. The molecule has 0 radical (unpaired) electrons. The van der Waals surface area contributed by atoms with Crippen LogP contribution in [0.2, 0.25) is 0 Å². The van der Waals surface area contributed by atoms with E-state index in [1.165, 1.54) is 19.4 Å². The van der Waals surface area contributed by atoms with Crippen LogP contribution in [0.4, 0.5) is 0 Å². The van der Waals surface area contributed by atoms with Crippen molar-refractivity contribution in [2.75, 3.05) is 20.1 Å². The molecule has 5 heteroatoms. The van der Waals surface area contributed by atoms with Gasteiger partial charge in [0.1, 0.15) is 5.78 Å². The molecule has 0 aliphatic carbocycles. The first kappa shape index (κ1) is 18.8. The second-order valence-electron chi connectivity index (χ2n) is 7.75. The lowest BCUT2D eigenvalue weighted by atomic mass is 9.85. The highest BCUT2D eigenvalue weighted by Gasteiger charge is 2.37. The van der Waals surface area contributed by atoms with Crippen molar-refractivity contribution in [3.05, 3.63) is 34.9 Å². The maximum atomic E-state index is 13.0. The molecule has 0 spiro atoms. The zero-order valence-electron chi connectivity index (χ0n) is 16.0. The molecule has 1 amide bonds. The van der Waals surface area contributed by atoms with Crippen LogP contribution >= 0.6 is 0 Å². The second-order valence-corrected chi connectivity index (χ2v) is 7.75. The molecule has 1 aromatic carbocycles. The monoisotopic (exact) mass is 356 g/mol. The SMILES string of the molecule is CC(=O)CCC(C(C)=O)N1Cc2c(cccc2C2CCN(C)CC2)C1=O. The number of rotatable bonds is 6. The number of hydrogen-bond acceptors (Lipinski definition) is 4. The van der Waals surface area contributed by atoms with E-state index in [-0.39, 0.29) is 17.5 Å². The molecular formula is C21H28N2O3. The average molecular weight is 356 g/mol. The predicted molar refractivity (Wildman–Crippen MR) is 100 cm³/mol. The fraction of sp³-hybridized carbons (Fsp3) is 0.571. The Hall–Kier alpha value is -2.01. The number of hydrogen-bond donors (Lipinski definition) is 0. The number of fused-ring (bicyclic) bond motifs is 1. The van der Waals surface area contributed by atoms with Gasteiger partial charge in [0.05, 0.1) is 6.04 Å². The third kappa shape index (κ3) is 3.73. The number of amides is 1. The molecule has 0 bridgehead atoms. The summed E-state index contributed by atoms with van der Waals surface area (Å²) in [4.78, 5) is 40.5. The van der Waals surface area contributed by atoms with Crippen molar-refractivity contribution >= 4 is 17.5 Å². The molecule has 2 aliphatic heterocycles. The van der Waals surface area contributed by atoms with Gasteiger partial charge in [-0.25, -0.2) is 0 Å².